The molecule has 3 aromatic heterocycles. The first-order valence-electron chi connectivity index (χ1n) is 10.5. The van der Waals surface area contributed by atoms with E-state index in [4.69, 9.17) is 10.1 Å². The quantitative estimate of drug-likeness (QED) is 0.463. The van der Waals surface area contributed by atoms with Crippen molar-refractivity contribution >= 4 is 22.7 Å². The second kappa shape index (κ2) is 8.20. The van der Waals surface area contributed by atoms with Gasteiger partial charge in [0.25, 0.3) is 0 Å². The summed E-state index contributed by atoms with van der Waals surface area (Å²) < 4.78 is 1.95. The van der Waals surface area contributed by atoms with E-state index in [-0.39, 0.29) is 0 Å². The Hall–Kier alpha value is -2.70. The first-order chi connectivity index (χ1) is 14.7. The van der Waals surface area contributed by atoms with E-state index in [0.29, 0.717) is 5.92 Å². The average Bonchev–Trinajstić information content (AvgIpc) is 3.44. The summed E-state index contributed by atoms with van der Waals surface area (Å²) in [5.74, 6) is 1.44. The summed E-state index contributed by atoms with van der Waals surface area (Å²) in [6.45, 7) is 3.20. The van der Waals surface area contributed by atoms with Crippen LogP contribution >= 0.6 is 11.3 Å². The highest BCUT2D eigenvalue weighted by atomic mass is 32.1. The number of hydrogen-bond donors (Lipinski definition) is 0. The highest BCUT2D eigenvalue weighted by Gasteiger charge is 2.24. The average molecular weight is 418 g/mol. The number of aromatic nitrogens is 3. The minimum atomic E-state index is 0.447. The van der Waals surface area contributed by atoms with Gasteiger partial charge in [-0.2, -0.15) is 5.10 Å². The van der Waals surface area contributed by atoms with E-state index < -0.39 is 0 Å². The summed E-state index contributed by atoms with van der Waals surface area (Å²) >= 11 is 1.75. The lowest BCUT2D eigenvalue weighted by molar-refractivity contribution is 0.202. The van der Waals surface area contributed by atoms with Crippen molar-refractivity contribution in [1.82, 2.24) is 19.5 Å². The van der Waals surface area contributed by atoms with E-state index in [0.717, 1.165) is 43.9 Å². The zero-order chi connectivity index (χ0) is 20.5. The first-order valence-corrected chi connectivity index (χ1v) is 11.4. The van der Waals surface area contributed by atoms with Crippen molar-refractivity contribution in [2.24, 2.45) is 0 Å². The van der Waals surface area contributed by atoms with Crippen molar-refractivity contribution in [2.75, 3.05) is 32.1 Å². The van der Waals surface area contributed by atoms with Gasteiger partial charge >= 0.3 is 0 Å². The van der Waals surface area contributed by atoms with E-state index in [1.54, 1.807) is 11.3 Å². The molecule has 0 amide bonds. The van der Waals surface area contributed by atoms with Gasteiger partial charge < -0.3 is 4.90 Å². The fraction of sp³-hybridized carbons (Fsp3) is 0.333. The van der Waals surface area contributed by atoms with Gasteiger partial charge in [-0.3, -0.25) is 4.90 Å². The number of benzene rings is 1. The number of nitrogens with zero attached hydrogens (tertiary/aromatic N) is 5. The molecule has 30 heavy (non-hydrogen) atoms. The molecule has 5 nitrogen and oxygen atoms in total. The molecule has 1 aliphatic heterocycles. The Morgan fingerprint density at radius 1 is 1.03 bits per heavy atom. The van der Waals surface area contributed by atoms with Crippen LogP contribution in [0.1, 0.15) is 30.1 Å². The van der Waals surface area contributed by atoms with Gasteiger partial charge in [-0.15, -0.1) is 11.3 Å². The summed E-state index contributed by atoms with van der Waals surface area (Å²) in [5.41, 5.74) is 4.77. The molecule has 0 N–H and O–H groups in total. The second-order valence-electron chi connectivity index (χ2n) is 8.28. The number of rotatable bonds is 5. The van der Waals surface area contributed by atoms with Gasteiger partial charge in [0, 0.05) is 48.9 Å². The lowest BCUT2D eigenvalue weighted by Gasteiger charge is -2.30. The number of thiophene rings is 1. The molecule has 0 bridgehead atoms. The topological polar surface area (TPSA) is 36.7 Å². The third-order valence-corrected chi connectivity index (χ3v) is 6.88. The molecule has 4 aromatic rings. The summed E-state index contributed by atoms with van der Waals surface area (Å²) in [5, 5.41) is 6.94. The number of anilines is 1. The predicted molar refractivity (Wildman–Crippen MR) is 124 cm³/mol. The molecule has 1 aliphatic rings. The number of pyridine rings is 1. The lowest BCUT2D eigenvalue weighted by atomic mass is 9.96. The SMILES string of the molecule is CN(C)c1ccc(CN2CCC(c3nc4ccc(-c5cccs5)cn4n3)CC2)cc1. The van der Waals surface area contributed by atoms with Crippen LogP contribution < -0.4 is 4.90 Å². The largest absolute Gasteiger partial charge is 0.378 e. The standard InChI is InChI=1S/C24H27N5S/c1-27(2)21-8-5-18(6-9-21)16-28-13-11-19(12-14-28)24-25-23-10-7-20(17-29(23)26-24)22-4-3-15-30-22/h3-10,15,17,19H,11-14,16H2,1-2H3. The molecule has 1 saturated heterocycles. The molecule has 0 unspecified atom stereocenters. The lowest BCUT2D eigenvalue weighted by Crippen LogP contribution is -2.32. The molecular weight excluding hydrogens is 390 g/mol. The molecule has 0 radical (unpaired) electrons. The van der Waals surface area contributed by atoms with Crippen LogP contribution in [0.2, 0.25) is 0 Å². The summed E-state index contributed by atoms with van der Waals surface area (Å²) in [6, 6.07) is 17.4. The summed E-state index contributed by atoms with van der Waals surface area (Å²) in [7, 11) is 4.16. The van der Waals surface area contributed by atoms with Crippen LogP contribution in [0.4, 0.5) is 5.69 Å². The number of hydrogen-bond acceptors (Lipinski definition) is 5. The highest BCUT2D eigenvalue weighted by molar-refractivity contribution is 7.13. The van der Waals surface area contributed by atoms with E-state index in [1.807, 2.05) is 4.52 Å². The van der Waals surface area contributed by atoms with Crippen molar-refractivity contribution in [3.05, 3.63) is 71.5 Å². The Morgan fingerprint density at radius 2 is 1.83 bits per heavy atom. The van der Waals surface area contributed by atoms with Crippen LogP contribution in [0.25, 0.3) is 16.1 Å². The molecular formula is C24H27N5S. The maximum atomic E-state index is 4.83. The van der Waals surface area contributed by atoms with E-state index >= 15 is 0 Å². The van der Waals surface area contributed by atoms with Gasteiger partial charge in [-0.25, -0.2) is 9.50 Å². The summed E-state index contributed by atoms with van der Waals surface area (Å²) in [6.07, 6.45) is 4.33. The zero-order valence-electron chi connectivity index (χ0n) is 17.5. The molecule has 0 saturated carbocycles. The van der Waals surface area contributed by atoms with E-state index in [9.17, 15) is 0 Å². The van der Waals surface area contributed by atoms with Gasteiger partial charge in [0.2, 0.25) is 0 Å². The maximum absolute atomic E-state index is 4.83. The Morgan fingerprint density at radius 3 is 2.53 bits per heavy atom. The molecule has 4 heterocycles. The normalized spacial score (nSPS) is 15.7. The number of piperidine rings is 1. The fourth-order valence-corrected chi connectivity index (χ4v) is 4.89. The van der Waals surface area contributed by atoms with Crippen molar-refractivity contribution in [1.29, 1.82) is 0 Å². The third kappa shape index (κ3) is 3.98. The van der Waals surface area contributed by atoms with Crippen LogP contribution in [0, 0.1) is 0 Å². The van der Waals surface area contributed by atoms with E-state index in [1.165, 1.54) is 21.7 Å². The predicted octanol–water partition coefficient (Wildman–Crippen LogP) is 4.90. The molecule has 0 atom stereocenters. The minimum Gasteiger partial charge on any atom is -0.378 e. The molecule has 6 heteroatoms. The Labute approximate surface area is 181 Å². The second-order valence-corrected chi connectivity index (χ2v) is 9.23. The summed E-state index contributed by atoms with van der Waals surface area (Å²) in [4.78, 5) is 10.8. The Balaban J connectivity index is 1.23. The van der Waals surface area contributed by atoms with Gasteiger partial charge in [0.05, 0.1) is 0 Å². The van der Waals surface area contributed by atoms with Gasteiger partial charge in [0.15, 0.2) is 11.5 Å². The molecule has 1 aromatic carbocycles. The van der Waals surface area contributed by atoms with Gasteiger partial charge in [-0.1, -0.05) is 18.2 Å². The van der Waals surface area contributed by atoms with Gasteiger partial charge in [-0.05, 0) is 67.2 Å². The third-order valence-electron chi connectivity index (χ3n) is 5.96. The highest BCUT2D eigenvalue weighted by Crippen LogP contribution is 2.29. The van der Waals surface area contributed by atoms with Crippen LogP contribution in [0.3, 0.4) is 0 Å². The first kappa shape index (κ1) is 19.3. The van der Waals surface area contributed by atoms with Crippen molar-refractivity contribution in [3.63, 3.8) is 0 Å². The fourth-order valence-electron chi connectivity index (χ4n) is 4.17. The Bertz CT molecular complexity index is 1110. The molecule has 0 spiro atoms. The van der Waals surface area contributed by atoms with Crippen LogP contribution in [-0.4, -0.2) is 46.7 Å². The van der Waals surface area contributed by atoms with Crippen LogP contribution in [-0.2, 0) is 6.54 Å². The van der Waals surface area contributed by atoms with Crippen LogP contribution in [0.5, 0.6) is 0 Å². The molecule has 0 aliphatic carbocycles. The zero-order valence-corrected chi connectivity index (χ0v) is 18.3. The minimum absolute atomic E-state index is 0.447. The number of likely N-dealkylation sites (tertiary alicyclic amines) is 1. The smallest absolute Gasteiger partial charge is 0.155 e. The van der Waals surface area contributed by atoms with Crippen molar-refractivity contribution < 1.29 is 0 Å². The van der Waals surface area contributed by atoms with Crippen LogP contribution in [0.15, 0.2) is 60.1 Å². The molecule has 154 valence electrons. The monoisotopic (exact) mass is 417 g/mol. The van der Waals surface area contributed by atoms with Crippen molar-refractivity contribution in [2.45, 2.75) is 25.3 Å². The van der Waals surface area contributed by atoms with E-state index in [2.05, 4.69) is 84.0 Å². The molecule has 5 rings (SSSR count). The maximum Gasteiger partial charge on any atom is 0.155 e. The van der Waals surface area contributed by atoms with Gasteiger partial charge in [0.1, 0.15) is 0 Å². The molecule has 1 fully saturated rings. The van der Waals surface area contributed by atoms with Crippen molar-refractivity contribution in [3.8, 4) is 10.4 Å². The Kier molecular flexibility index (Phi) is 5.27. The number of fused-ring (bicyclic) bond motifs is 1.